The van der Waals surface area contributed by atoms with E-state index in [4.69, 9.17) is 9.47 Å². The second kappa shape index (κ2) is 42.3. The molecule has 0 saturated carbocycles. The molecule has 296 valence electrons. The molecule has 0 heterocycles. The third kappa shape index (κ3) is 40.5. The topological polar surface area (TPSA) is 72.8 Å². The average molecular weight is 715 g/mol. The molecule has 0 aromatic heterocycles. The minimum absolute atomic E-state index is 0.0928. The maximum absolute atomic E-state index is 12.1. The number of allylic oxidation sites excluding steroid dienone is 8. The lowest BCUT2D eigenvalue weighted by atomic mass is 10.0. The van der Waals surface area contributed by atoms with Gasteiger partial charge in [-0.25, -0.2) is 0 Å². The monoisotopic (exact) mass is 715 g/mol. The fourth-order valence-corrected chi connectivity index (χ4v) is 6.16. The zero-order valence-electron chi connectivity index (χ0n) is 33.6. The Balaban J connectivity index is 3.51. The molecule has 5 heteroatoms. The first kappa shape index (κ1) is 48.9. The summed E-state index contributed by atoms with van der Waals surface area (Å²) in [6.07, 6.45) is 53.5. The SMILES string of the molecule is CC/C=C\C/C=C\C/C=C\C/C=C\CCC(=O)OC(CO)COC(=O)CCCCCCCCCCCCCCCCCCCCCCCCCC. The Bertz CT molecular complexity index is 858. The first-order chi connectivity index (χ1) is 25.1. The highest BCUT2D eigenvalue weighted by Gasteiger charge is 2.15. The van der Waals surface area contributed by atoms with Crippen molar-refractivity contribution in [3.8, 4) is 0 Å². The predicted octanol–water partition coefficient (Wildman–Crippen LogP) is 13.8. The molecule has 1 atom stereocenters. The van der Waals surface area contributed by atoms with E-state index in [1.165, 1.54) is 135 Å². The lowest BCUT2D eigenvalue weighted by Gasteiger charge is -2.15. The van der Waals surface area contributed by atoms with Gasteiger partial charge < -0.3 is 14.6 Å². The summed E-state index contributed by atoms with van der Waals surface area (Å²) in [6.45, 7) is 3.97. The van der Waals surface area contributed by atoms with Gasteiger partial charge in [0.25, 0.3) is 0 Å². The second-order valence-electron chi connectivity index (χ2n) is 14.4. The summed E-state index contributed by atoms with van der Waals surface area (Å²) in [6, 6.07) is 0. The number of aliphatic hydroxyl groups excluding tert-OH is 1. The van der Waals surface area contributed by atoms with Crippen LogP contribution in [0, 0.1) is 0 Å². The lowest BCUT2D eigenvalue weighted by Crippen LogP contribution is -2.28. The molecular weight excluding hydrogens is 633 g/mol. The minimum Gasteiger partial charge on any atom is -0.462 e. The number of carbonyl (C=O) groups excluding carboxylic acids is 2. The van der Waals surface area contributed by atoms with E-state index in [-0.39, 0.29) is 25.6 Å². The van der Waals surface area contributed by atoms with E-state index in [2.05, 4.69) is 50.3 Å². The number of esters is 2. The molecule has 0 bridgehead atoms. The standard InChI is InChI=1S/C46H82O5/c1-3-5-7-9-11-13-15-17-18-19-20-21-22-23-24-25-26-27-29-30-32-34-36-38-40-45(48)50-43-44(42-47)51-46(49)41-39-37-35-33-31-28-16-14-12-10-8-6-4-2/h6,8,12,14,28,31,35,37,44,47H,3-5,7,9-11,13,15-27,29-30,32-34,36,38-43H2,1-2H3/b8-6-,14-12-,31-28-,37-35-. The van der Waals surface area contributed by atoms with Gasteiger partial charge in [0.1, 0.15) is 6.61 Å². The van der Waals surface area contributed by atoms with Crippen molar-refractivity contribution >= 4 is 11.9 Å². The fraction of sp³-hybridized carbons (Fsp3) is 0.783. The van der Waals surface area contributed by atoms with Crippen LogP contribution in [0.25, 0.3) is 0 Å². The molecule has 0 rings (SSSR count). The Labute approximate surface area is 316 Å². The third-order valence-electron chi connectivity index (χ3n) is 9.40. The third-order valence-corrected chi connectivity index (χ3v) is 9.40. The van der Waals surface area contributed by atoms with Crippen LogP contribution in [-0.4, -0.2) is 36.4 Å². The van der Waals surface area contributed by atoms with Crippen molar-refractivity contribution in [3.05, 3.63) is 48.6 Å². The summed E-state index contributed by atoms with van der Waals surface area (Å²) in [7, 11) is 0. The molecule has 0 aliphatic carbocycles. The van der Waals surface area contributed by atoms with Gasteiger partial charge in [-0.15, -0.1) is 0 Å². The summed E-state index contributed by atoms with van der Waals surface area (Å²) < 4.78 is 10.6. The summed E-state index contributed by atoms with van der Waals surface area (Å²) in [5.74, 6) is -0.680. The van der Waals surface area contributed by atoms with Gasteiger partial charge in [0.2, 0.25) is 0 Å². The van der Waals surface area contributed by atoms with E-state index < -0.39 is 12.1 Å². The number of unbranched alkanes of at least 4 members (excludes halogenated alkanes) is 23. The average Bonchev–Trinajstić information content (AvgIpc) is 3.13. The number of ether oxygens (including phenoxy) is 2. The molecule has 0 saturated heterocycles. The number of hydrogen-bond acceptors (Lipinski definition) is 5. The van der Waals surface area contributed by atoms with Crippen LogP contribution >= 0.6 is 0 Å². The smallest absolute Gasteiger partial charge is 0.306 e. The molecule has 0 amide bonds. The van der Waals surface area contributed by atoms with E-state index in [0.717, 1.165) is 44.9 Å². The molecule has 0 fully saturated rings. The second-order valence-corrected chi connectivity index (χ2v) is 14.4. The fourth-order valence-electron chi connectivity index (χ4n) is 6.16. The summed E-state index contributed by atoms with van der Waals surface area (Å²) in [5.41, 5.74) is 0. The summed E-state index contributed by atoms with van der Waals surface area (Å²) >= 11 is 0. The van der Waals surface area contributed by atoms with E-state index >= 15 is 0 Å². The largest absolute Gasteiger partial charge is 0.462 e. The van der Waals surface area contributed by atoms with Crippen molar-refractivity contribution in [3.63, 3.8) is 0 Å². The van der Waals surface area contributed by atoms with E-state index in [9.17, 15) is 14.7 Å². The van der Waals surface area contributed by atoms with Crippen molar-refractivity contribution in [1.29, 1.82) is 0 Å². The predicted molar refractivity (Wildman–Crippen MR) is 219 cm³/mol. The Morgan fingerprint density at radius 1 is 0.471 bits per heavy atom. The van der Waals surface area contributed by atoms with E-state index in [0.29, 0.717) is 12.8 Å². The van der Waals surface area contributed by atoms with Crippen LogP contribution in [0.3, 0.4) is 0 Å². The van der Waals surface area contributed by atoms with E-state index in [1.54, 1.807) is 0 Å². The van der Waals surface area contributed by atoms with Crippen molar-refractivity contribution in [2.45, 2.75) is 219 Å². The molecule has 0 aromatic carbocycles. The number of carbonyl (C=O) groups is 2. The van der Waals surface area contributed by atoms with Crippen LogP contribution in [0.5, 0.6) is 0 Å². The first-order valence-electron chi connectivity index (χ1n) is 21.7. The normalized spacial score (nSPS) is 12.6. The number of hydrogen-bond donors (Lipinski definition) is 1. The zero-order chi connectivity index (χ0) is 37.1. The molecule has 5 nitrogen and oxygen atoms in total. The van der Waals surface area contributed by atoms with Crippen molar-refractivity contribution in [1.82, 2.24) is 0 Å². The number of rotatable bonds is 39. The Kier molecular flexibility index (Phi) is 40.5. The molecule has 1 unspecified atom stereocenters. The van der Waals surface area contributed by atoms with Crippen LogP contribution in [0.15, 0.2) is 48.6 Å². The highest BCUT2D eigenvalue weighted by molar-refractivity contribution is 5.70. The van der Waals surface area contributed by atoms with Crippen molar-refractivity contribution in [2.75, 3.05) is 13.2 Å². The van der Waals surface area contributed by atoms with E-state index in [1.807, 2.05) is 12.2 Å². The Hall–Kier alpha value is -2.14. The molecular formula is C46H82O5. The maximum Gasteiger partial charge on any atom is 0.306 e. The van der Waals surface area contributed by atoms with Gasteiger partial charge in [-0.1, -0.05) is 210 Å². The van der Waals surface area contributed by atoms with Gasteiger partial charge in [-0.3, -0.25) is 9.59 Å². The summed E-state index contributed by atoms with van der Waals surface area (Å²) in [4.78, 5) is 24.2. The summed E-state index contributed by atoms with van der Waals surface area (Å²) in [5, 5.41) is 9.54. The zero-order valence-corrected chi connectivity index (χ0v) is 33.6. The molecule has 0 aliphatic rings. The maximum atomic E-state index is 12.1. The van der Waals surface area contributed by atoms with Crippen LogP contribution in [0.4, 0.5) is 0 Å². The van der Waals surface area contributed by atoms with Gasteiger partial charge in [-0.05, 0) is 38.5 Å². The van der Waals surface area contributed by atoms with Crippen LogP contribution in [-0.2, 0) is 19.1 Å². The van der Waals surface area contributed by atoms with Crippen LogP contribution < -0.4 is 0 Å². The van der Waals surface area contributed by atoms with Crippen molar-refractivity contribution in [2.24, 2.45) is 0 Å². The Morgan fingerprint density at radius 3 is 1.24 bits per heavy atom. The first-order valence-corrected chi connectivity index (χ1v) is 21.7. The van der Waals surface area contributed by atoms with Crippen LogP contribution in [0.1, 0.15) is 213 Å². The molecule has 0 radical (unpaired) electrons. The minimum atomic E-state index is -0.807. The quantitative estimate of drug-likeness (QED) is 0.0390. The van der Waals surface area contributed by atoms with Gasteiger partial charge in [0.15, 0.2) is 6.10 Å². The molecule has 51 heavy (non-hydrogen) atoms. The Morgan fingerprint density at radius 2 is 0.843 bits per heavy atom. The van der Waals surface area contributed by atoms with Crippen LogP contribution in [0.2, 0.25) is 0 Å². The molecule has 0 spiro atoms. The van der Waals surface area contributed by atoms with Crippen molar-refractivity contribution < 1.29 is 24.2 Å². The highest BCUT2D eigenvalue weighted by atomic mass is 16.6. The van der Waals surface area contributed by atoms with Gasteiger partial charge in [0.05, 0.1) is 6.61 Å². The molecule has 1 N–H and O–H groups in total. The highest BCUT2D eigenvalue weighted by Crippen LogP contribution is 2.16. The van der Waals surface area contributed by atoms with Gasteiger partial charge in [0, 0.05) is 12.8 Å². The lowest BCUT2D eigenvalue weighted by molar-refractivity contribution is -0.161. The number of aliphatic hydroxyl groups is 1. The molecule has 0 aliphatic heterocycles. The van der Waals surface area contributed by atoms with Gasteiger partial charge in [-0.2, -0.15) is 0 Å². The van der Waals surface area contributed by atoms with Gasteiger partial charge >= 0.3 is 11.9 Å². The molecule has 0 aromatic rings.